The maximum atomic E-state index is 5.69. The Hall–Kier alpha value is -0.870. The van der Waals surface area contributed by atoms with Crippen molar-refractivity contribution in [3.8, 4) is 0 Å². The van der Waals surface area contributed by atoms with Crippen molar-refractivity contribution in [1.29, 1.82) is 0 Å². The normalized spacial score (nSPS) is 27.9. The van der Waals surface area contributed by atoms with Gasteiger partial charge in [0.15, 0.2) is 0 Å². The molecule has 0 spiro atoms. The van der Waals surface area contributed by atoms with Gasteiger partial charge >= 0.3 is 0 Å². The molecule has 0 amide bonds. The lowest BCUT2D eigenvalue weighted by atomic mass is 9.87. The van der Waals surface area contributed by atoms with E-state index in [2.05, 4.69) is 16.6 Å². The second-order valence-electron chi connectivity index (χ2n) is 4.14. The summed E-state index contributed by atoms with van der Waals surface area (Å²) in [5, 5.41) is 7.63. The summed E-state index contributed by atoms with van der Waals surface area (Å²) in [6.45, 7) is 2.90. The summed E-state index contributed by atoms with van der Waals surface area (Å²) in [4.78, 5) is 0. The summed E-state index contributed by atoms with van der Waals surface area (Å²) in [5.41, 5.74) is 7.02. The first-order chi connectivity index (χ1) is 6.79. The number of aromatic nitrogens is 2. The van der Waals surface area contributed by atoms with Crippen molar-refractivity contribution in [2.45, 2.75) is 12.3 Å². The number of nitrogens with two attached hydrogens (primary N) is 1. The van der Waals surface area contributed by atoms with Crippen molar-refractivity contribution in [1.82, 2.24) is 15.1 Å². The molecule has 0 bridgehead atoms. The highest BCUT2D eigenvalue weighted by Gasteiger charge is 2.22. The average molecular weight is 194 g/mol. The van der Waals surface area contributed by atoms with Crippen molar-refractivity contribution < 1.29 is 0 Å². The number of rotatable bonds is 2. The highest BCUT2D eigenvalue weighted by molar-refractivity contribution is 5.13. The lowest BCUT2D eigenvalue weighted by Crippen LogP contribution is -2.38. The molecule has 1 aliphatic heterocycles. The number of aryl methyl sites for hydroxylation is 1. The smallest absolute Gasteiger partial charge is 0.0524 e. The summed E-state index contributed by atoms with van der Waals surface area (Å²) in [5.74, 6) is 1.21. The molecule has 14 heavy (non-hydrogen) atoms. The molecule has 3 N–H and O–H groups in total. The molecule has 2 unspecified atom stereocenters. The van der Waals surface area contributed by atoms with Crippen LogP contribution in [-0.2, 0) is 7.05 Å². The van der Waals surface area contributed by atoms with Gasteiger partial charge in [0, 0.05) is 19.8 Å². The zero-order chi connectivity index (χ0) is 9.97. The Balaban J connectivity index is 2.04. The van der Waals surface area contributed by atoms with E-state index in [-0.39, 0.29) is 0 Å². The van der Waals surface area contributed by atoms with E-state index in [0.29, 0.717) is 11.8 Å². The molecule has 1 aromatic rings. The third-order valence-corrected chi connectivity index (χ3v) is 2.97. The zero-order valence-electron chi connectivity index (χ0n) is 8.61. The maximum absolute atomic E-state index is 5.69. The number of nitrogens with one attached hydrogen (secondary N) is 1. The molecule has 78 valence electrons. The first kappa shape index (κ1) is 9.68. The Labute approximate surface area is 84.5 Å². The molecule has 0 saturated carbocycles. The van der Waals surface area contributed by atoms with Gasteiger partial charge in [0.05, 0.1) is 6.20 Å². The largest absolute Gasteiger partial charge is 0.330 e. The van der Waals surface area contributed by atoms with Gasteiger partial charge in [-0.15, -0.1) is 0 Å². The second kappa shape index (κ2) is 4.11. The molecular formula is C10H18N4. The van der Waals surface area contributed by atoms with Gasteiger partial charge in [-0.1, -0.05) is 0 Å². The van der Waals surface area contributed by atoms with Crippen molar-refractivity contribution in [3.05, 3.63) is 18.0 Å². The van der Waals surface area contributed by atoms with Crippen molar-refractivity contribution >= 4 is 0 Å². The monoisotopic (exact) mass is 194 g/mol. The lowest BCUT2D eigenvalue weighted by molar-refractivity contribution is 0.348. The van der Waals surface area contributed by atoms with Gasteiger partial charge in [0.1, 0.15) is 0 Å². The summed E-state index contributed by atoms with van der Waals surface area (Å²) in [7, 11) is 1.96. The first-order valence-corrected chi connectivity index (χ1v) is 5.19. The summed E-state index contributed by atoms with van der Waals surface area (Å²) in [6, 6.07) is 0. The van der Waals surface area contributed by atoms with Crippen LogP contribution in [0.2, 0.25) is 0 Å². The van der Waals surface area contributed by atoms with Crippen molar-refractivity contribution in [2.75, 3.05) is 19.6 Å². The molecule has 2 heterocycles. The third kappa shape index (κ3) is 1.96. The van der Waals surface area contributed by atoms with Crippen molar-refractivity contribution in [2.24, 2.45) is 18.7 Å². The third-order valence-electron chi connectivity index (χ3n) is 2.97. The Bertz CT molecular complexity index is 294. The van der Waals surface area contributed by atoms with Crippen LogP contribution in [0.5, 0.6) is 0 Å². The fourth-order valence-corrected chi connectivity index (χ4v) is 2.12. The molecule has 1 saturated heterocycles. The topological polar surface area (TPSA) is 55.9 Å². The predicted octanol–water partition coefficient (Wildman–Crippen LogP) is 0.0719. The molecule has 1 fully saturated rings. The fraction of sp³-hybridized carbons (Fsp3) is 0.700. The van der Waals surface area contributed by atoms with E-state index in [4.69, 9.17) is 5.73 Å². The number of piperidine rings is 1. The summed E-state index contributed by atoms with van der Waals surface area (Å²) in [6.07, 6.45) is 5.26. The quantitative estimate of drug-likeness (QED) is 0.700. The van der Waals surface area contributed by atoms with E-state index in [9.17, 15) is 0 Å². The first-order valence-electron chi connectivity index (χ1n) is 5.19. The van der Waals surface area contributed by atoms with Gasteiger partial charge in [0.2, 0.25) is 0 Å². The number of nitrogens with zero attached hydrogens (tertiary/aromatic N) is 2. The number of hydrogen-bond acceptors (Lipinski definition) is 3. The van der Waals surface area contributed by atoms with Gasteiger partial charge in [-0.3, -0.25) is 4.68 Å². The molecule has 0 aliphatic carbocycles. The summed E-state index contributed by atoms with van der Waals surface area (Å²) >= 11 is 0. The van der Waals surface area contributed by atoms with Gasteiger partial charge in [-0.2, -0.15) is 5.10 Å². The minimum atomic E-state index is 0.589. The van der Waals surface area contributed by atoms with E-state index in [1.165, 1.54) is 12.0 Å². The fourth-order valence-electron chi connectivity index (χ4n) is 2.12. The Kier molecular flexibility index (Phi) is 2.84. The summed E-state index contributed by atoms with van der Waals surface area (Å²) < 4.78 is 1.86. The average Bonchev–Trinajstić information content (AvgIpc) is 2.65. The van der Waals surface area contributed by atoms with Crippen LogP contribution in [0.15, 0.2) is 12.4 Å². The molecule has 1 aromatic heterocycles. The van der Waals surface area contributed by atoms with Gasteiger partial charge in [0.25, 0.3) is 0 Å². The Morgan fingerprint density at radius 2 is 2.50 bits per heavy atom. The van der Waals surface area contributed by atoms with Gasteiger partial charge < -0.3 is 11.1 Å². The van der Waals surface area contributed by atoms with Crippen LogP contribution in [0.1, 0.15) is 17.9 Å². The van der Waals surface area contributed by atoms with Crippen molar-refractivity contribution in [3.63, 3.8) is 0 Å². The molecule has 4 heteroatoms. The maximum Gasteiger partial charge on any atom is 0.0524 e. The molecule has 0 aromatic carbocycles. The van der Waals surface area contributed by atoms with E-state index >= 15 is 0 Å². The van der Waals surface area contributed by atoms with E-state index in [0.717, 1.165) is 19.6 Å². The van der Waals surface area contributed by atoms with Crippen LogP contribution < -0.4 is 11.1 Å². The Morgan fingerprint density at radius 1 is 1.64 bits per heavy atom. The SMILES string of the molecule is Cn1cc(C2CNCC(CN)C2)cn1. The van der Waals surface area contributed by atoms with E-state index in [1.54, 1.807) is 0 Å². The second-order valence-corrected chi connectivity index (χ2v) is 4.14. The highest BCUT2D eigenvalue weighted by atomic mass is 15.2. The molecule has 2 atom stereocenters. The number of hydrogen-bond donors (Lipinski definition) is 2. The van der Waals surface area contributed by atoms with Crippen LogP contribution in [0.3, 0.4) is 0 Å². The van der Waals surface area contributed by atoms with Gasteiger partial charge in [-0.05, 0) is 36.9 Å². The lowest BCUT2D eigenvalue weighted by Gasteiger charge is -2.28. The molecule has 4 nitrogen and oxygen atoms in total. The molecule has 1 aliphatic rings. The molecule has 0 radical (unpaired) electrons. The molecular weight excluding hydrogens is 176 g/mol. The van der Waals surface area contributed by atoms with E-state index < -0.39 is 0 Å². The minimum absolute atomic E-state index is 0.589. The predicted molar refractivity (Wildman–Crippen MR) is 56.0 cm³/mol. The highest BCUT2D eigenvalue weighted by Crippen LogP contribution is 2.25. The standard InChI is InChI=1S/C10H18N4/c1-14-7-10(6-13-14)9-2-8(3-11)4-12-5-9/h6-9,12H,2-5,11H2,1H3. The Morgan fingerprint density at radius 3 is 3.14 bits per heavy atom. The van der Waals surface area contributed by atoms with Gasteiger partial charge in [-0.25, -0.2) is 0 Å². The van der Waals surface area contributed by atoms with Crippen LogP contribution in [0.4, 0.5) is 0 Å². The minimum Gasteiger partial charge on any atom is -0.330 e. The van der Waals surface area contributed by atoms with E-state index in [1.807, 2.05) is 17.9 Å². The van der Waals surface area contributed by atoms with Crippen LogP contribution >= 0.6 is 0 Å². The zero-order valence-corrected chi connectivity index (χ0v) is 8.61. The van der Waals surface area contributed by atoms with Crippen LogP contribution in [0, 0.1) is 5.92 Å². The van der Waals surface area contributed by atoms with Crippen LogP contribution in [-0.4, -0.2) is 29.4 Å². The molecule has 2 rings (SSSR count). The van der Waals surface area contributed by atoms with Crippen LogP contribution in [0.25, 0.3) is 0 Å².